The van der Waals surface area contributed by atoms with Crippen molar-refractivity contribution < 1.29 is 14.0 Å². The SMILES string of the molecule is CC[C@@H](C)NC(=O)c1ccccc1NC(=O)c1ccccc1F. The molecule has 0 radical (unpaired) electrons. The average Bonchev–Trinajstić information content (AvgIpc) is 2.55. The Balaban J connectivity index is 2.22. The topological polar surface area (TPSA) is 58.2 Å². The molecule has 0 aliphatic rings. The van der Waals surface area contributed by atoms with Crippen LogP contribution in [-0.4, -0.2) is 17.9 Å². The van der Waals surface area contributed by atoms with E-state index < -0.39 is 11.7 Å². The summed E-state index contributed by atoms with van der Waals surface area (Å²) in [6.45, 7) is 3.87. The summed E-state index contributed by atoms with van der Waals surface area (Å²) in [5, 5.41) is 5.45. The molecule has 2 aromatic rings. The summed E-state index contributed by atoms with van der Waals surface area (Å²) in [7, 11) is 0. The average molecular weight is 314 g/mol. The van der Waals surface area contributed by atoms with Crippen LogP contribution in [0.15, 0.2) is 48.5 Å². The fourth-order valence-corrected chi connectivity index (χ4v) is 2.03. The molecule has 0 spiro atoms. The maximum absolute atomic E-state index is 13.7. The molecule has 1 atom stereocenters. The summed E-state index contributed by atoms with van der Waals surface area (Å²) >= 11 is 0. The number of hydrogen-bond acceptors (Lipinski definition) is 2. The monoisotopic (exact) mass is 314 g/mol. The highest BCUT2D eigenvalue weighted by molar-refractivity contribution is 6.09. The first-order valence-electron chi connectivity index (χ1n) is 7.48. The second kappa shape index (κ2) is 7.54. The highest BCUT2D eigenvalue weighted by atomic mass is 19.1. The third kappa shape index (κ3) is 4.16. The van der Waals surface area contributed by atoms with E-state index in [0.717, 1.165) is 6.42 Å². The van der Waals surface area contributed by atoms with Gasteiger partial charge in [0.15, 0.2) is 0 Å². The quantitative estimate of drug-likeness (QED) is 0.886. The van der Waals surface area contributed by atoms with E-state index in [0.29, 0.717) is 11.3 Å². The molecule has 0 unspecified atom stereocenters. The minimum absolute atomic E-state index is 0.0258. The van der Waals surface area contributed by atoms with E-state index in [9.17, 15) is 14.0 Å². The molecule has 0 saturated carbocycles. The number of halogens is 1. The van der Waals surface area contributed by atoms with Crippen molar-refractivity contribution in [3.05, 3.63) is 65.5 Å². The van der Waals surface area contributed by atoms with Crippen LogP contribution >= 0.6 is 0 Å². The van der Waals surface area contributed by atoms with Gasteiger partial charge in [-0.2, -0.15) is 0 Å². The normalized spacial score (nSPS) is 11.6. The van der Waals surface area contributed by atoms with Gasteiger partial charge in [-0.05, 0) is 37.6 Å². The second-order valence-corrected chi connectivity index (χ2v) is 5.26. The zero-order valence-corrected chi connectivity index (χ0v) is 13.1. The van der Waals surface area contributed by atoms with Gasteiger partial charge in [0.25, 0.3) is 11.8 Å². The third-order valence-corrected chi connectivity index (χ3v) is 3.53. The molecule has 0 aromatic heterocycles. The molecular formula is C18H19FN2O2. The van der Waals surface area contributed by atoms with E-state index in [1.165, 1.54) is 18.2 Å². The minimum atomic E-state index is -0.605. The number of rotatable bonds is 5. The van der Waals surface area contributed by atoms with Gasteiger partial charge >= 0.3 is 0 Å². The van der Waals surface area contributed by atoms with Crippen molar-refractivity contribution in [3.8, 4) is 0 Å². The Morgan fingerprint density at radius 2 is 1.61 bits per heavy atom. The summed E-state index contributed by atoms with van der Waals surface area (Å²) in [4.78, 5) is 24.5. The number of benzene rings is 2. The molecule has 0 aliphatic carbocycles. The zero-order chi connectivity index (χ0) is 16.8. The highest BCUT2D eigenvalue weighted by Gasteiger charge is 2.16. The summed E-state index contributed by atoms with van der Waals surface area (Å²) < 4.78 is 13.7. The molecule has 5 heteroatoms. The van der Waals surface area contributed by atoms with Crippen LogP contribution in [0.3, 0.4) is 0 Å². The molecule has 23 heavy (non-hydrogen) atoms. The fourth-order valence-electron chi connectivity index (χ4n) is 2.03. The van der Waals surface area contributed by atoms with Crippen molar-refractivity contribution in [2.75, 3.05) is 5.32 Å². The van der Waals surface area contributed by atoms with Gasteiger partial charge in [0, 0.05) is 6.04 Å². The number of nitrogens with one attached hydrogen (secondary N) is 2. The Bertz CT molecular complexity index is 716. The number of carbonyl (C=O) groups is 2. The van der Waals surface area contributed by atoms with Crippen LogP contribution in [0.5, 0.6) is 0 Å². The number of hydrogen-bond donors (Lipinski definition) is 2. The second-order valence-electron chi connectivity index (χ2n) is 5.26. The summed E-state index contributed by atoms with van der Waals surface area (Å²) in [5.41, 5.74) is 0.628. The molecule has 0 heterocycles. The minimum Gasteiger partial charge on any atom is -0.350 e. The lowest BCUT2D eigenvalue weighted by molar-refractivity contribution is 0.0940. The lowest BCUT2D eigenvalue weighted by Gasteiger charge is -2.14. The Morgan fingerprint density at radius 1 is 1.00 bits per heavy atom. The Labute approximate surface area is 134 Å². The van der Waals surface area contributed by atoms with Gasteiger partial charge in [-0.3, -0.25) is 9.59 Å². The molecule has 120 valence electrons. The van der Waals surface area contributed by atoms with Crippen LogP contribution in [0.25, 0.3) is 0 Å². The molecular weight excluding hydrogens is 295 g/mol. The van der Waals surface area contributed by atoms with Crippen LogP contribution in [0, 0.1) is 5.82 Å². The first-order chi connectivity index (χ1) is 11.0. The zero-order valence-electron chi connectivity index (χ0n) is 13.1. The van der Waals surface area contributed by atoms with Gasteiger partial charge < -0.3 is 10.6 Å². The lowest BCUT2D eigenvalue weighted by atomic mass is 10.1. The first kappa shape index (κ1) is 16.7. The maximum Gasteiger partial charge on any atom is 0.258 e. The predicted octanol–water partition coefficient (Wildman–Crippen LogP) is 3.61. The third-order valence-electron chi connectivity index (χ3n) is 3.53. The van der Waals surface area contributed by atoms with E-state index in [1.807, 2.05) is 13.8 Å². The van der Waals surface area contributed by atoms with E-state index >= 15 is 0 Å². The number of para-hydroxylation sites is 1. The van der Waals surface area contributed by atoms with Crippen LogP contribution in [0.1, 0.15) is 41.0 Å². The van der Waals surface area contributed by atoms with Crippen molar-refractivity contribution in [2.45, 2.75) is 26.3 Å². The number of carbonyl (C=O) groups excluding carboxylic acids is 2. The van der Waals surface area contributed by atoms with Gasteiger partial charge in [0.1, 0.15) is 5.82 Å². The van der Waals surface area contributed by atoms with Gasteiger partial charge in [-0.15, -0.1) is 0 Å². The number of anilines is 1. The largest absolute Gasteiger partial charge is 0.350 e. The van der Waals surface area contributed by atoms with Gasteiger partial charge in [0.2, 0.25) is 0 Å². The first-order valence-corrected chi connectivity index (χ1v) is 7.48. The summed E-state index contributed by atoms with van der Waals surface area (Å²) in [5.74, 6) is -1.47. The molecule has 2 N–H and O–H groups in total. The highest BCUT2D eigenvalue weighted by Crippen LogP contribution is 2.17. The van der Waals surface area contributed by atoms with E-state index in [4.69, 9.17) is 0 Å². The molecule has 2 rings (SSSR count). The summed E-state index contributed by atoms with van der Waals surface area (Å²) in [6, 6.07) is 12.4. The van der Waals surface area contributed by atoms with Crippen molar-refractivity contribution in [1.82, 2.24) is 5.32 Å². The van der Waals surface area contributed by atoms with Crippen LogP contribution in [0.4, 0.5) is 10.1 Å². The van der Waals surface area contributed by atoms with Crippen molar-refractivity contribution in [1.29, 1.82) is 0 Å². The van der Waals surface area contributed by atoms with Crippen LogP contribution in [0.2, 0.25) is 0 Å². The smallest absolute Gasteiger partial charge is 0.258 e. The summed E-state index contributed by atoms with van der Waals surface area (Å²) in [6.07, 6.45) is 0.801. The molecule has 0 aliphatic heterocycles. The van der Waals surface area contributed by atoms with Crippen LogP contribution < -0.4 is 10.6 Å². The lowest BCUT2D eigenvalue weighted by Crippen LogP contribution is -2.32. The molecule has 0 bridgehead atoms. The molecule has 2 aromatic carbocycles. The van der Waals surface area contributed by atoms with Crippen LogP contribution in [-0.2, 0) is 0 Å². The van der Waals surface area contributed by atoms with E-state index in [1.54, 1.807) is 30.3 Å². The fraction of sp³-hybridized carbons (Fsp3) is 0.222. The molecule has 0 saturated heterocycles. The van der Waals surface area contributed by atoms with Gasteiger partial charge in [-0.25, -0.2) is 4.39 Å². The van der Waals surface area contributed by atoms with Crippen molar-refractivity contribution in [2.24, 2.45) is 0 Å². The van der Waals surface area contributed by atoms with E-state index in [2.05, 4.69) is 10.6 Å². The van der Waals surface area contributed by atoms with Gasteiger partial charge in [-0.1, -0.05) is 31.2 Å². The van der Waals surface area contributed by atoms with E-state index in [-0.39, 0.29) is 17.5 Å². The maximum atomic E-state index is 13.7. The predicted molar refractivity (Wildman–Crippen MR) is 88.0 cm³/mol. The van der Waals surface area contributed by atoms with Crippen molar-refractivity contribution in [3.63, 3.8) is 0 Å². The van der Waals surface area contributed by atoms with Crippen molar-refractivity contribution >= 4 is 17.5 Å². The van der Waals surface area contributed by atoms with Gasteiger partial charge in [0.05, 0.1) is 16.8 Å². The molecule has 4 nitrogen and oxygen atoms in total. The Kier molecular flexibility index (Phi) is 5.46. The standard InChI is InChI=1S/C18H19FN2O2/c1-3-12(2)20-18(23)14-9-5-7-11-16(14)21-17(22)13-8-4-6-10-15(13)19/h4-12H,3H2,1-2H3,(H,20,23)(H,21,22)/t12-/m1/s1. The molecule has 2 amide bonds. The molecule has 0 fully saturated rings. The number of amides is 2. The Hall–Kier alpha value is -2.69. The Morgan fingerprint density at radius 3 is 2.26 bits per heavy atom.